The van der Waals surface area contributed by atoms with Crippen LogP contribution in [0, 0.1) is 0 Å². The van der Waals surface area contributed by atoms with Crippen LogP contribution in [0.2, 0.25) is 5.02 Å². The van der Waals surface area contributed by atoms with Crippen molar-refractivity contribution in [2.75, 3.05) is 38.1 Å². The summed E-state index contributed by atoms with van der Waals surface area (Å²) in [6.07, 6.45) is 6.21. The molecule has 7 nitrogen and oxygen atoms in total. The predicted molar refractivity (Wildman–Crippen MR) is 116 cm³/mol. The standard InChI is InChI=1S/C20H20ClN5O2S/c1-25-5-2-6-26(8-7-25)18-12-22-11-16(23-18)14-9-13(3-4-15(14)21)10-17-19(27)24-20(28)29-17/h3-4,9-12H,2,5-8H2,1H3,(H,24,27,28)/b17-10-. The normalized spacial score (nSPS) is 19.5. The number of amides is 2. The summed E-state index contributed by atoms with van der Waals surface area (Å²) in [4.78, 5) is 37.3. The Kier molecular flexibility index (Phi) is 5.84. The maximum atomic E-state index is 11.8. The van der Waals surface area contributed by atoms with Gasteiger partial charge in [-0.2, -0.15) is 0 Å². The molecule has 1 aromatic heterocycles. The number of carbonyl (C=O) groups is 2. The largest absolute Gasteiger partial charge is 0.354 e. The molecule has 2 fully saturated rings. The molecule has 3 heterocycles. The van der Waals surface area contributed by atoms with Crippen LogP contribution in [-0.2, 0) is 4.79 Å². The number of hydrogen-bond acceptors (Lipinski definition) is 7. The van der Waals surface area contributed by atoms with E-state index in [-0.39, 0.29) is 11.1 Å². The van der Waals surface area contributed by atoms with Crippen LogP contribution in [0.3, 0.4) is 0 Å². The van der Waals surface area contributed by atoms with Gasteiger partial charge in [0.05, 0.1) is 28.0 Å². The minimum Gasteiger partial charge on any atom is -0.354 e. The number of anilines is 1. The average molecular weight is 430 g/mol. The number of nitrogens with one attached hydrogen (secondary N) is 1. The van der Waals surface area contributed by atoms with E-state index in [1.54, 1.807) is 30.6 Å². The Morgan fingerprint density at radius 3 is 2.83 bits per heavy atom. The highest BCUT2D eigenvalue weighted by Crippen LogP contribution is 2.31. The smallest absolute Gasteiger partial charge is 0.290 e. The number of rotatable bonds is 3. The van der Waals surface area contributed by atoms with Crippen LogP contribution < -0.4 is 10.2 Å². The fourth-order valence-corrected chi connectivity index (χ4v) is 4.21. The van der Waals surface area contributed by atoms with E-state index >= 15 is 0 Å². The molecule has 2 saturated heterocycles. The third-order valence-corrected chi connectivity index (χ3v) is 6.01. The molecule has 150 valence electrons. The molecule has 4 rings (SSSR count). The van der Waals surface area contributed by atoms with Gasteiger partial charge in [-0.05, 0) is 55.5 Å². The SMILES string of the molecule is CN1CCCN(c2cncc(-c3cc(/C=C4\SC(=O)NC4=O)ccc3Cl)n2)CC1. The van der Waals surface area contributed by atoms with Gasteiger partial charge in [0.15, 0.2) is 0 Å². The van der Waals surface area contributed by atoms with Crippen molar-refractivity contribution >= 4 is 46.4 Å². The van der Waals surface area contributed by atoms with Crippen LogP contribution in [-0.4, -0.2) is 59.2 Å². The number of nitrogens with zero attached hydrogens (tertiary/aromatic N) is 4. The molecule has 0 atom stereocenters. The molecule has 0 spiro atoms. The van der Waals surface area contributed by atoms with Crippen LogP contribution in [0.1, 0.15) is 12.0 Å². The molecule has 1 N–H and O–H groups in total. The van der Waals surface area contributed by atoms with E-state index in [1.165, 1.54) is 0 Å². The number of thioether (sulfide) groups is 1. The number of imide groups is 1. The zero-order valence-corrected chi connectivity index (χ0v) is 17.5. The molecular weight excluding hydrogens is 410 g/mol. The first-order chi connectivity index (χ1) is 14.0. The maximum absolute atomic E-state index is 11.8. The summed E-state index contributed by atoms with van der Waals surface area (Å²) >= 11 is 7.32. The van der Waals surface area contributed by atoms with E-state index in [1.807, 2.05) is 6.07 Å². The number of halogens is 1. The summed E-state index contributed by atoms with van der Waals surface area (Å²) in [5.74, 6) is 0.443. The Bertz CT molecular complexity index is 997. The lowest BCUT2D eigenvalue weighted by atomic mass is 10.1. The Balaban J connectivity index is 1.64. The first-order valence-electron chi connectivity index (χ1n) is 9.30. The van der Waals surface area contributed by atoms with Gasteiger partial charge in [0.1, 0.15) is 5.82 Å². The lowest BCUT2D eigenvalue weighted by Gasteiger charge is -2.21. The summed E-state index contributed by atoms with van der Waals surface area (Å²) in [7, 11) is 2.13. The molecule has 9 heteroatoms. The van der Waals surface area contributed by atoms with Crippen molar-refractivity contribution in [3.8, 4) is 11.3 Å². The molecule has 2 aromatic rings. The second kappa shape index (κ2) is 8.52. The second-order valence-electron chi connectivity index (χ2n) is 7.00. The maximum Gasteiger partial charge on any atom is 0.290 e. The number of hydrogen-bond donors (Lipinski definition) is 1. The highest BCUT2D eigenvalue weighted by molar-refractivity contribution is 8.18. The minimum atomic E-state index is -0.385. The van der Waals surface area contributed by atoms with E-state index in [4.69, 9.17) is 16.6 Å². The topological polar surface area (TPSA) is 78.4 Å². The minimum absolute atomic E-state index is 0.358. The van der Waals surface area contributed by atoms with E-state index in [0.717, 1.165) is 61.3 Å². The molecule has 29 heavy (non-hydrogen) atoms. The molecule has 0 unspecified atom stereocenters. The van der Waals surface area contributed by atoms with E-state index in [9.17, 15) is 9.59 Å². The van der Waals surface area contributed by atoms with Gasteiger partial charge >= 0.3 is 0 Å². The average Bonchev–Trinajstić information content (AvgIpc) is 2.89. The summed E-state index contributed by atoms with van der Waals surface area (Å²) in [6, 6.07) is 5.42. The zero-order valence-electron chi connectivity index (χ0n) is 15.9. The van der Waals surface area contributed by atoms with Gasteiger partial charge < -0.3 is 9.80 Å². The van der Waals surface area contributed by atoms with Gasteiger partial charge in [-0.25, -0.2) is 4.98 Å². The van der Waals surface area contributed by atoms with Crippen molar-refractivity contribution < 1.29 is 9.59 Å². The molecule has 2 aliphatic rings. The van der Waals surface area contributed by atoms with Crippen LogP contribution in [0.4, 0.5) is 10.6 Å². The van der Waals surface area contributed by atoms with Gasteiger partial charge in [-0.1, -0.05) is 17.7 Å². The molecule has 2 aliphatic heterocycles. The molecule has 0 saturated carbocycles. The monoisotopic (exact) mass is 429 g/mol. The highest BCUT2D eigenvalue weighted by atomic mass is 35.5. The van der Waals surface area contributed by atoms with Crippen molar-refractivity contribution in [1.82, 2.24) is 20.2 Å². The molecule has 0 radical (unpaired) electrons. The fraction of sp³-hybridized carbons (Fsp3) is 0.300. The lowest BCUT2D eigenvalue weighted by Crippen LogP contribution is -2.29. The Hall–Kier alpha value is -2.42. The first kappa shape index (κ1) is 19.9. The van der Waals surface area contributed by atoms with Gasteiger partial charge in [0.25, 0.3) is 11.1 Å². The third kappa shape index (κ3) is 4.60. The van der Waals surface area contributed by atoms with Crippen molar-refractivity contribution in [3.63, 3.8) is 0 Å². The second-order valence-corrected chi connectivity index (χ2v) is 8.42. The third-order valence-electron chi connectivity index (χ3n) is 4.87. The Morgan fingerprint density at radius 2 is 2.03 bits per heavy atom. The quantitative estimate of drug-likeness (QED) is 0.750. The van der Waals surface area contributed by atoms with Crippen LogP contribution in [0.15, 0.2) is 35.5 Å². The summed E-state index contributed by atoms with van der Waals surface area (Å²) in [6.45, 7) is 3.88. The fourth-order valence-electron chi connectivity index (χ4n) is 3.31. The van der Waals surface area contributed by atoms with E-state index < -0.39 is 0 Å². The van der Waals surface area contributed by atoms with E-state index in [2.05, 4.69) is 27.1 Å². The number of aromatic nitrogens is 2. The van der Waals surface area contributed by atoms with Crippen LogP contribution >= 0.6 is 23.4 Å². The van der Waals surface area contributed by atoms with Crippen molar-refractivity contribution in [1.29, 1.82) is 0 Å². The predicted octanol–water partition coefficient (Wildman–Crippen LogP) is 3.26. The van der Waals surface area contributed by atoms with Gasteiger partial charge in [-0.15, -0.1) is 0 Å². The molecule has 0 bridgehead atoms. The van der Waals surface area contributed by atoms with Crippen molar-refractivity contribution in [2.24, 2.45) is 0 Å². The van der Waals surface area contributed by atoms with Crippen LogP contribution in [0.5, 0.6) is 0 Å². The molecule has 0 aliphatic carbocycles. The van der Waals surface area contributed by atoms with Crippen LogP contribution in [0.25, 0.3) is 17.3 Å². The Labute approximate surface area is 178 Å². The summed E-state index contributed by atoms with van der Waals surface area (Å²) in [5, 5.41) is 2.44. The van der Waals surface area contributed by atoms with Crippen molar-refractivity contribution in [2.45, 2.75) is 6.42 Å². The van der Waals surface area contributed by atoms with E-state index in [0.29, 0.717) is 15.6 Å². The molecule has 1 aromatic carbocycles. The zero-order chi connectivity index (χ0) is 20.4. The van der Waals surface area contributed by atoms with Crippen molar-refractivity contribution in [3.05, 3.63) is 46.1 Å². The molecule has 2 amide bonds. The number of carbonyl (C=O) groups excluding carboxylic acids is 2. The molecular formula is C20H20ClN5O2S. The van der Waals surface area contributed by atoms with Gasteiger partial charge in [0, 0.05) is 25.2 Å². The number of likely N-dealkylation sites (N-methyl/N-ethyl adjacent to an activating group) is 1. The lowest BCUT2D eigenvalue weighted by molar-refractivity contribution is -0.115. The first-order valence-corrected chi connectivity index (χ1v) is 10.5. The summed E-state index contributed by atoms with van der Waals surface area (Å²) in [5.41, 5.74) is 2.17. The number of benzene rings is 1. The Morgan fingerprint density at radius 1 is 1.17 bits per heavy atom. The highest BCUT2D eigenvalue weighted by Gasteiger charge is 2.25. The van der Waals surface area contributed by atoms with Gasteiger partial charge in [0.2, 0.25) is 0 Å². The summed E-state index contributed by atoms with van der Waals surface area (Å²) < 4.78 is 0. The van der Waals surface area contributed by atoms with Gasteiger partial charge in [-0.3, -0.25) is 19.9 Å².